The lowest BCUT2D eigenvalue weighted by Gasteiger charge is -2.26. The molecule has 1 aromatic heterocycles. The molecular formula is C25H25Cl2N5OS. The van der Waals surface area contributed by atoms with Crippen LogP contribution in [0.2, 0.25) is 10.0 Å². The summed E-state index contributed by atoms with van der Waals surface area (Å²) in [5.41, 5.74) is 3.45. The van der Waals surface area contributed by atoms with Gasteiger partial charge in [-0.25, -0.2) is 9.98 Å². The van der Waals surface area contributed by atoms with Crippen molar-refractivity contribution in [1.82, 2.24) is 19.8 Å². The Bertz CT molecular complexity index is 1290. The van der Waals surface area contributed by atoms with E-state index in [1.807, 2.05) is 18.2 Å². The van der Waals surface area contributed by atoms with Crippen LogP contribution in [-0.4, -0.2) is 45.2 Å². The number of para-hydroxylation sites is 1. The number of likely N-dealkylation sites (tertiary alicyclic amines) is 1. The van der Waals surface area contributed by atoms with Gasteiger partial charge in [0.25, 0.3) is 5.91 Å². The van der Waals surface area contributed by atoms with Gasteiger partial charge < -0.3 is 14.8 Å². The number of carbonyl (C=O) groups is 1. The number of hydrogen-bond donors (Lipinski definition) is 1. The number of aliphatic imine (C=N–C) groups is 1. The summed E-state index contributed by atoms with van der Waals surface area (Å²) >= 11 is 13.7. The third-order valence-corrected chi connectivity index (χ3v) is 7.67. The average Bonchev–Trinajstić information content (AvgIpc) is 3.33. The molecule has 1 amide bonds. The molecule has 0 bridgehead atoms. The van der Waals surface area contributed by atoms with E-state index in [0.29, 0.717) is 25.8 Å². The molecule has 6 nitrogen and oxygen atoms in total. The molecule has 0 radical (unpaired) electrons. The first-order valence-corrected chi connectivity index (χ1v) is 13.0. The van der Waals surface area contributed by atoms with Gasteiger partial charge in [-0.3, -0.25) is 4.79 Å². The lowest BCUT2D eigenvalue weighted by Crippen LogP contribution is -2.32. The molecular weight excluding hydrogens is 489 g/mol. The molecule has 0 unspecified atom stereocenters. The second-order valence-corrected chi connectivity index (χ2v) is 10.4. The number of carbonyl (C=O) groups excluding carboxylic acids is 1. The third-order valence-electron chi connectivity index (χ3n) is 6.15. The van der Waals surface area contributed by atoms with Crippen LogP contribution in [0.1, 0.15) is 30.7 Å². The van der Waals surface area contributed by atoms with Crippen molar-refractivity contribution in [2.24, 2.45) is 4.99 Å². The molecule has 2 aliphatic heterocycles. The minimum absolute atomic E-state index is 0.193. The van der Waals surface area contributed by atoms with Crippen LogP contribution in [-0.2, 0) is 11.3 Å². The van der Waals surface area contributed by atoms with Gasteiger partial charge in [-0.2, -0.15) is 0 Å². The molecule has 176 valence electrons. The van der Waals surface area contributed by atoms with Crippen LogP contribution in [0.4, 0.5) is 5.69 Å². The summed E-state index contributed by atoms with van der Waals surface area (Å²) < 4.78 is 2.28. The fourth-order valence-corrected chi connectivity index (χ4v) is 5.70. The van der Waals surface area contributed by atoms with Crippen LogP contribution in [0.3, 0.4) is 0 Å². The molecule has 2 saturated heterocycles. The normalized spacial score (nSPS) is 19.4. The zero-order valence-corrected chi connectivity index (χ0v) is 21.2. The SMILES string of the molecule is Cc1nc2ccc(/C=C3/SC(=Nc4c(Cl)cccc4Cl)NC3=O)cc2n1CCN1CCCCC1. The Morgan fingerprint density at radius 1 is 1.12 bits per heavy atom. The van der Waals surface area contributed by atoms with Crippen molar-refractivity contribution in [3.05, 3.63) is 62.7 Å². The van der Waals surface area contributed by atoms with Crippen LogP contribution < -0.4 is 5.32 Å². The molecule has 2 aliphatic rings. The first-order valence-electron chi connectivity index (χ1n) is 11.4. The summed E-state index contributed by atoms with van der Waals surface area (Å²) in [7, 11) is 0. The molecule has 0 aliphatic carbocycles. The predicted octanol–water partition coefficient (Wildman–Crippen LogP) is 6.03. The van der Waals surface area contributed by atoms with Crippen molar-refractivity contribution < 1.29 is 4.79 Å². The van der Waals surface area contributed by atoms with Gasteiger partial charge in [-0.1, -0.05) is 41.8 Å². The van der Waals surface area contributed by atoms with Gasteiger partial charge in [-0.15, -0.1) is 0 Å². The average molecular weight is 514 g/mol. The van der Waals surface area contributed by atoms with Crippen molar-refractivity contribution in [2.45, 2.75) is 32.7 Å². The van der Waals surface area contributed by atoms with E-state index in [4.69, 9.17) is 28.2 Å². The largest absolute Gasteiger partial charge is 0.327 e. The van der Waals surface area contributed by atoms with Gasteiger partial charge in [0.15, 0.2) is 5.17 Å². The highest BCUT2D eigenvalue weighted by Crippen LogP contribution is 2.35. The number of rotatable bonds is 5. The molecule has 2 fully saturated rings. The number of benzene rings is 2. The third kappa shape index (κ3) is 5.03. The van der Waals surface area contributed by atoms with Gasteiger partial charge in [0.05, 0.1) is 26.0 Å². The molecule has 34 heavy (non-hydrogen) atoms. The van der Waals surface area contributed by atoms with Gasteiger partial charge in [0.2, 0.25) is 0 Å². The number of piperidine rings is 1. The monoisotopic (exact) mass is 513 g/mol. The summed E-state index contributed by atoms with van der Waals surface area (Å²) in [6.45, 7) is 6.35. The number of hydrogen-bond acceptors (Lipinski definition) is 5. The Hall–Kier alpha value is -2.32. The van der Waals surface area contributed by atoms with E-state index in [1.54, 1.807) is 18.2 Å². The van der Waals surface area contributed by atoms with Gasteiger partial charge >= 0.3 is 0 Å². The van der Waals surface area contributed by atoms with Crippen LogP contribution in [0.5, 0.6) is 0 Å². The quantitative estimate of drug-likeness (QED) is 0.423. The lowest BCUT2D eigenvalue weighted by molar-refractivity contribution is -0.115. The van der Waals surface area contributed by atoms with Crippen LogP contribution >= 0.6 is 35.0 Å². The summed E-state index contributed by atoms with van der Waals surface area (Å²) in [5, 5.41) is 4.13. The lowest BCUT2D eigenvalue weighted by atomic mass is 10.1. The van der Waals surface area contributed by atoms with E-state index >= 15 is 0 Å². The van der Waals surface area contributed by atoms with Crippen molar-refractivity contribution >= 4 is 68.8 Å². The Morgan fingerprint density at radius 2 is 1.88 bits per heavy atom. The van der Waals surface area contributed by atoms with Crippen molar-refractivity contribution in [1.29, 1.82) is 0 Å². The Labute approximate surface area is 213 Å². The van der Waals surface area contributed by atoms with Crippen LogP contribution in [0, 0.1) is 6.92 Å². The topological polar surface area (TPSA) is 62.5 Å². The van der Waals surface area contributed by atoms with Crippen molar-refractivity contribution in [2.75, 3.05) is 19.6 Å². The number of imidazole rings is 1. The number of nitrogens with zero attached hydrogens (tertiary/aromatic N) is 4. The van der Waals surface area contributed by atoms with Gasteiger partial charge in [0.1, 0.15) is 11.5 Å². The fraction of sp³-hybridized carbons (Fsp3) is 0.320. The Balaban J connectivity index is 1.38. The molecule has 1 N–H and O–H groups in total. The maximum atomic E-state index is 12.6. The molecule has 2 aromatic carbocycles. The number of aryl methyl sites for hydroxylation is 1. The minimum atomic E-state index is -0.193. The van der Waals surface area contributed by atoms with E-state index < -0.39 is 0 Å². The van der Waals surface area contributed by atoms with E-state index in [9.17, 15) is 4.79 Å². The summed E-state index contributed by atoms with van der Waals surface area (Å²) in [6, 6.07) is 11.3. The Kier molecular flexibility index (Phi) is 6.97. The number of amidine groups is 1. The zero-order chi connectivity index (χ0) is 23.7. The number of nitrogens with one attached hydrogen (secondary N) is 1. The van der Waals surface area contributed by atoms with E-state index in [0.717, 1.165) is 35.5 Å². The van der Waals surface area contributed by atoms with Gasteiger partial charge in [-0.05, 0) is 80.5 Å². The summed E-state index contributed by atoms with van der Waals surface area (Å²) in [4.78, 5) is 24.9. The number of thioether (sulfide) groups is 1. The minimum Gasteiger partial charge on any atom is -0.327 e. The standard InChI is InChI=1S/C25H25Cl2N5OS/c1-16-28-20-9-8-17(14-21(20)32(16)13-12-31-10-3-2-4-11-31)15-22-24(33)30-25(34-22)29-23-18(26)6-5-7-19(23)27/h5-9,14-15H,2-4,10-13H2,1H3,(H,29,30,33)/b22-15+. The van der Waals surface area contributed by atoms with Crippen molar-refractivity contribution in [3.8, 4) is 0 Å². The molecule has 3 aromatic rings. The van der Waals surface area contributed by atoms with Crippen LogP contribution in [0.15, 0.2) is 46.3 Å². The molecule has 0 atom stereocenters. The first kappa shape index (κ1) is 23.4. The molecule has 0 saturated carbocycles. The summed E-state index contributed by atoms with van der Waals surface area (Å²) in [5.74, 6) is 0.817. The number of fused-ring (bicyclic) bond motifs is 1. The second kappa shape index (κ2) is 10.1. The molecule has 9 heteroatoms. The van der Waals surface area contributed by atoms with E-state index in [2.05, 4.69) is 32.8 Å². The highest BCUT2D eigenvalue weighted by Gasteiger charge is 2.24. The first-order chi connectivity index (χ1) is 16.5. The maximum Gasteiger partial charge on any atom is 0.264 e. The maximum absolute atomic E-state index is 12.6. The van der Waals surface area contributed by atoms with Crippen molar-refractivity contribution in [3.63, 3.8) is 0 Å². The van der Waals surface area contributed by atoms with E-state index in [-0.39, 0.29) is 5.91 Å². The zero-order valence-electron chi connectivity index (χ0n) is 18.9. The Morgan fingerprint density at radius 3 is 2.65 bits per heavy atom. The van der Waals surface area contributed by atoms with Crippen LogP contribution in [0.25, 0.3) is 17.1 Å². The second-order valence-electron chi connectivity index (χ2n) is 8.51. The van der Waals surface area contributed by atoms with Gasteiger partial charge in [0, 0.05) is 13.1 Å². The number of halogens is 2. The van der Waals surface area contributed by atoms with E-state index in [1.165, 1.54) is 44.1 Å². The molecule has 0 spiro atoms. The summed E-state index contributed by atoms with van der Waals surface area (Å²) in [6.07, 6.45) is 5.79. The highest BCUT2D eigenvalue weighted by atomic mass is 35.5. The molecule has 3 heterocycles. The number of aromatic nitrogens is 2. The smallest absolute Gasteiger partial charge is 0.264 e. The number of amides is 1. The highest BCUT2D eigenvalue weighted by molar-refractivity contribution is 8.18. The fourth-order valence-electron chi connectivity index (χ4n) is 4.39. The predicted molar refractivity (Wildman–Crippen MR) is 142 cm³/mol. The molecule has 5 rings (SSSR count).